The maximum atomic E-state index is 4.56. The smallest absolute Gasteiger partial charge is 0.0690 e. The van der Waals surface area contributed by atoms with Crippen LogP contribution < -0.4 is 5.32 Å². The minimum Gasteiger partial charge on any atom is -0.310 e. The Kier molecular flexibility index (Phi) is 4.19. The van der Waals surface area contributed by atoms with E-state index in [0.29, 0.717) is 6.04 Å². The van der Waals surface area contributed by atoms with Crippen molar-refractivity contribution in [2.24, 2.45) is 0 Å². The van der Waals surface area contributed by atoms with Crippen LogP contribution in [-0.2, 0) is 6.54 Å². The van der Waals surface area contributed by atoms with Crippen molar-refractivity contribution >= 4 is 0 Å². The number of nitrogens with one attached hydrogen (secondary N) is 1. The minimum atomic E-state index is 0.654. The Bertz CT molecular complexity index is 663. The van der Waals surface area contributed by atoms with Crippen molar-refractivity contribution in [1.29, 1.82) is 0 Å². The molecular weight excluding hydrogens is 284 g/mol. The van der Waals surface area contributed by atoms with Gasteiger partial charge < -0.3 is 10.2 Å². The van der Waals surface area contributed by atoms with Gasteiger partial charge in [0.05, 0.1) is 11.4 Å². The van der Waals surface area contributed by atoms with Crippen LogP contribution in [0.4, 0.5) is 0 Å². The third-order valence-electron chi connectivity index (χ3n) is 5.36. The Morgan fingerprint density at radius 1 is 1.17 bits per heavy atom. The number of hydrogen-bond acceptors (Lipinski definition) is 3. The molecule has 2 atom stereocenters. The predicted octanol–water partition coefficient (Wildman–Crippen LogP) is 2.90. The van der Waals surface area contributed by atoms with E-state index in [1.165, 1.54) is 50.0 Å². The molecule has 0 amide bonds. The second-order valence-electron chi connectivity index (χ2n) is 6.96. The van der Waals surface area contributed by atoms with Gasteiger partial charge in [-0.2, -0.15) is 5.10 Å². The van der Waals surface area contributed by atoms with E-state index in [9.17, 15) is 0 Å². The highest BCUT2D eigenvalue weighted by molar-refractivity contribution is 5.40. The Labute approximate surface area is 138 Å². The van der Waals surface area contributed by atoms with Gasteiger partial charge in [0, 0.05) is 24.8 Å². The fraction of sp³-hybridized carbons (Fsp3) is 0.526. The SMILES string of the molecule is Cc1ccn(-c2ccccc2CN[C@@H]2CCN3CCC[C@H]3C2)n1. The Morgan fingerprint density at radius 2 is 2.09 bits per heavy atom. The first kappa shape index (κ1) is 14.9. The summed E-state index contributed by atoms with van der Waals surface area (Å²) in [5.74, 6) is 0. The van der Waals surface area contributed by atoms with E-state index in [-0.39, 0.29) is 0 Å². The lowest BCUT2D eigenvalue weighted by Gasteiger charge is -2.35. The molecule has 1 N–H and O–H groups in total. The van der Waals surface area contributed by atoms with Crippen LogP contribution in [-0.4, -0.2) is 39.9 Å². The number of piperidine rings is 1. The molecular formula is C19H26N4. The molecule has 1 aromatic carbocycles. The van der Waals surface area contributed by atoms with Gasteiger partial charge in [-0.15, -0.1) is 0 Å². The molecule has 0 bridgehead atoms. The molecule has 2 aromatic rings. The zero-order chi connectivity index (χ0) is 15.6. The van der Waals surface area contributed by atoms with E-state index in [1.807, 2.05) is 17.8 Å². The van der Waals surface area contributed by atoms with Crippen LogP contribution in [0.25, 0.3) is 5.69 Å². The molecule has 23 heavy (non-hydrogen) atoms. The van der Waals surface area contributed by atoms with Crippen LogP contribution in [0.5, 0.6) is 0 Å². The van der Waals surface area contributed by atoms with Crippen molar-refractivity contribution < 1.29 is 0 Å². The summed E-state index contributed by atoms with van der Waals surface area (Å²) in [6.07, 6.45) is 7.41. The maximum absolute atomic E-state index is 4.56. The lowest BCUT2D eigenvalue weighted by molar-refractivity contribution is 0.166. The van der Waals surface area contributed by atoms with Gasteiger partial charge >= 0.3 is 0 Å². The zero-order valence-corrected chi connectivity index (χ0v) is 13.9. The standard InChI is InChI=1S/C19H26N4/c1-15-8-12-23(21-15)19-7-3-2-5-16(19)14-20-17-9-11-22-10-4-6-18(22)13-17/h2-3,5,7-8,12,17-18,20H,4,6,9-11,13-14H2,1H3/t17-,18+/m1/s1. The molecule has 0 radical (unpaired) electrons. The fourth-order valence-electron chi connectivity index (χ4n) is 4.10. The van der Waals surface area contributed by atoms with E-state index < -0.39 is 0 Å². The molecule has 2 fully saturated rings. The number of nitrogens with zero attached hydrogens (tertiary/aromatic N) is 3. The van der Waals surface area contributed by atoms with E-state index >= 15 is 0 Å². The molecule has 0 aliphatic carbocycles. The summed E-state index contributed by atoms with van der Waals surface area (Å²) >= 11 is 0. The fourth-order valence-corrected chi connectivity index (χ4v) is 4.10. The first-order valence-electron chi connectivity index (χ1n) is 8.87. The number of benzene rings is 1. The van der Waals surface area contributed by atoms with E-state index in [4.69, 9.17) is 0 Å². The van der Waals surface area contributed by atoms with Crippen molar-refractivity contribution in [1.82, 2.24) is 20.0 Å². The third kappa shape index (κ3) is 3.19. The molecule has 4 nitrogen and oxygen atoms in total. The number of para-hydroxylation sites is 1. The Morgan fingerprint density at radius 3 is 2.96 bits per heavy atom. The second kappa shape index (κ2) is 6.46. The molecule has 2 saturated heterocycles. The third-order valence-corrected chi connectivity index (χ3v) is 5.36. The second-order valence-corrected chi connectivity index (χ2v) is 6.96. The van der Waals surface area contributed by atoms with Crippen LogP contribution in [0.1, 0.15) is 36.9 Å². The van der Waals surface area contributed by atoms with Gasteiger partial charge in [-0.05, 0) is 63.4 Å². The molecule has 0 unspecified atom stereocenters. The van der Waals surface area contributed by atoms with Gasteiger partial charge in [0.25, 0.3) is 0 Å². The summed E-state index contributed by atoms with van der Waals surface area (Å²) in [6, 6.07) is 12.1. The highest BCUT2D eigenvalue weighted by Crippen LogP contribution is 2.27. The first-order chi connectivity index (χ1) is 11.3. The lowest BCUT2D eigenvalue weighted by Crippen LogP contribution is -2.45. The first-order valence-corrected chi connectivity index (χ1v) is 8.87. The molecule has 0 spiro atoms. The summed E-state index contributed by atoms with van der Waals surface area (Å²) in [5.41, 5.74) is 3.57. The molecule has 2 aliphatic heterocycles. The van der Waals surface area contributed by atoms with Gasteiger partial charge in [0.1, 0.15) is 0 Å². The molecule has 0 saturated carbocycles. The average Bonchev–Trinajstić information content (AvgIpc) is 3.21. The quantitative estimate of drug-likeness (QED) is 0.942. The Balaban J connectivity index is 1.43. The van der Waals surface area contributed by atoms with Gasteiger partial charge in [0.15, 0.2) is 0 Å². The van der Waals surface area contributed by atoms with Crippen LogP contribution >= 0.6 is 0 Å². The van der Waals surface area contributed by atoms with E-state index in [1.54, 1.807) is 0 Å². The van der Waals surface area contributed by atoms with E-state index in [2.05, 4.69) is 45.6 Å². The van der Waals surface area contributed by atoms with Crippen LogP contribution in [0.3, 0.4) is 0 Å². The predicted molar refractivity (Wildman–Crippen MR) is 92.8 cm³/mol. The van der Waals surface area contributed by atoms with Crippen molar-refractivity contribution in [2.45, 2.75) is 51.2 Å². The van der Waals surface area contributed by atoms with Crippen molar-refractivity contribution in [3.05, 3.63) is 47.8 Å². The van der Waals surface area contributed by atoms with Crippen molar-refractivity contribution in [2.75, 3.05) is 13.1 Å². The number of aromatic nitrogens is 2. The van der Waals surface area contributed by atoms with Crippen LogP contribution in [0, 0.1) is 6.92 Å². The molecule has 2 aliphatic rings. The number of fused-ring (bicyclic) bond motifs is 1. The molecule has 1 aromatic heterocycles. The van der Waals surface area contributed by atoms with Gasteiger partial charge in [-0.3, -0.25) is 0 Å². The molecule has 4 rings (SSSR count). The highest BCUT2D eigenvalue weighted by atomic mass is 15.3. The largest absolute Gasteiger partial charge is 0.310 e. The lowest BCUT2D eigenvalue weighted by atomic mass is 9.97. The number of hydrogen-bond donors (Lipinski definition) is 1. The topological polar surface area (TPSA) is 33.1 Å². The van der Waals surface area contributed by atoms with Crippen molar-refractivity contribution in [3.63, 3.8) is 0 Å². The number of aryl methyl sites for hydroxylation is 1. The minimum absolute atomic E-state index is 0.654. The maximum Gasteiger partial charge on any atom is 0.0690 e. The summed E-state index contributed by atoms with van der Waals surface area (Å²) < 4.78 is 1.99. The van der Waals surface area contributed by atoms with Crippen LogP contribution in [0.15, 0.2) is 36.5 Å². The normalized spacial score (nSPS) is 24.7. The summed E-state index contributed by atoms with van der Waals surface area (Å²) in [4.78, 5) is 2.68. The zero-order valence-electron chi connectivity index (χ0n) is 13.9. The van der Waals surface area contributed by atoms with Crippen LogP contribution in [0.2, 0.25) is 0 Å². The Hall–Kier alpha value is -1.65. The van der Waals surface area contributed by atoms with E-state index in [0.717, 1.165) is 18.3 Å². The van der Waals surface area contributed by atoms with Crippen molar-refractivity contribution in [3.8, 4) is 5.69 Å². The monoisotopic (exact) mass is 310 g/mol. The summed E-state index contributed by atoms with van der Waals surface area (Å²) in [7, 11) is 0. The summed E-state index contributed by atoms with van der Waals surface area (Å²) in [6.45, 7) is 5.54. The summed E-state index contributed by atoms with van der Waals surface area (Å²) in [5, 5.41) is 8.36. The molecule has 122 valence electrons. The van der Waals surface area contributed by atoms with Gasteiger partial charge in [-0.1, -0.05) is 18.2 Å². The number of rotatable bonds is 4. The average molecular weight is 310 g/mol. The molecule has 4 heteroatoms. The highest BCUT2D eigenvalue weighted by Gasteiger charge is 2.31. The molecule has 3 heterocycles. The van der Waals surface area contributed by atoms with Gasteiger partial charge in [-0.25, -0.2) is 4.68 Å². The van der Waals surface area contributed by atoms with Gasteiger partial charge in [0.2, 0.25) is 0 Å².